The minimum absolute atomic E-state index is 0.406. The summed E-state index contributed by atoms with van der Waals surface area (Å²) >= 11 is 1.35. The zero-order chi connectivity index (χ0) is 12.1. The van der Waals surface area contributed by atoms with E-state index in [0.29, 0.717) is 24.3 Å². The maximum absolute atomic E-state index is 5.73. The van der Waals surface area contributed by atoms with Crippen LogP contribution in [0.1, 0.15) is 26.2 Å². The summed E-state index contributed by atoms with van der Waals surface area (Å²) < 4.78 is 15.1. The van der Waals surface area contributed by atoms with Crippen LogP contribution in [0.5, 0.6) is 5.75 Å². The molecule has 1 aromatic rings. The smallest absolute Gasteiger partial charge is 0.197 e. The van der Waals surface area contributed by atoms with Crippen LogP contribution in [0, 0.1) is 0 Å². The van der Waals surface area contributed by atoms with Crippen LogP contribution < -0.4 is 15.8 Å². The Hall–Kier alpha value is -1.01. The zero-order valence-corrected chi connectivity index (χ0v) is 10.9. The molecule has 0 aromatic carbocycles. The highest BCUT2D eigenvalue weighted by molar-refractivity contribution is 7.11. The number of ether oxygens (including phenoxy) is 2. The second-order valence-corrected chi connectivity index (χ2v) is 4.78. The van der Waals surface area contributed by atoms with E-state index in [-0.39, 0.29) is 0 Å². The van der Waals surface area contributed by atoms with Gasteiger partial charge in [-0.25, -0.2) is 0 Å². The predicted molar refractivity (Wildman–Crippen MR) is 69.8 cm³/mol. The van der Waals surface area contributed by atoms with Gasteiger partial charge in [0.05, 0.1) is 12.7 Å². The van der Waals surface area contributed by atoms with Crippen molar-refractivity contribution in [2.75, 3.05) is 30.8 Å². The number of hydrogen-bond donors (Lipinski definition) is 2. The van der Waals surface area contributed by atoms with Gasteiger partial charge in [-0.3, -0.25) is 0 Å². The van der Waals surface area contributed by atoms with E-state index in [2.05, 4.69) is 9.69 Å². The summed E-state index contributed by atoms with van der Waals surface area (Å²) in [5.41, 5.74) is 5.73. The van der Waals surface area contributed by atoms with Crippen LogP contribution in [-0.4, -0.2) is 30.2 Å². The summed E-state index contributed by atoms with van der Waals surface area (Å²) in [6.45, 7) is 4.31. The number of anilines is 2. The Morgan fingerprint density at radius 3 is 3.24 bits per heavy atom. The molecule has 1 fully saturated rings. The fourth-order valence-corrected chi connectivity index (χ4v) is 2.59. The standard InChI is InChI=1S/C11H19N3O2S/c1-2-15-9-10(12)14-17-11(9)13-6-5-8-4-3-7-16-8/h8,13H,2-7H2,1H3,(H2,12,14). The summed E-state index contributed by atoms with van der Waals surface area (Å²) in [5.74, 6) is 1.15. The number of nitrogens with one attached hydrogen (secondary N) is 1. The van der Waals surface area contributed by atoms with Crippen molar-refractivity contribution < 1.29 is 9.47 Å². The molecule has 1 unspecified atom stereocenters. The SMILES string of the molecule is CCOc1c(N)nsc1NCCC1CCCO1. The molecule has 0 saturated carbocycles. The van der Waals surface area contributed by atoms with Crippen molar-refractivity contribution in [1.82, 2.24) is 4.37 Å². The topological polar surface area (TPSA) is 69.4 Å². The molecule has 1 aromatic heterocycles. The lowest BCUT2D eigenvalue weighted by molar-refractivity contribution is 0.107. The van der Waals surface area contributed by atoms with Crippen LogP contribution in [0.4, 0.5) is 10.8 Å². The second kappa shape index (κ2) is 6.07. The maximum Gasteiger partial charge on any atom is 0.197 e. The highest BCUT2D eigenvalue weighted by atomic mass is 32.1. The van der Waals surface area contributed by atoms with Crippen molar-refractivity contribution in [3.63, 3.8) is 0 Å². The molecule has 0 bridgehead atoms. The number of rotatable bonds is 6. The number of hydrogen-bond acceptors (Lipinski definition) is 6. The summed E-state index contributed by atoms with van der Waals surface area (Å²) in [6.07, 6.45) is 3.78. The Morgan fingerprint density at radius 2 is 2.53 bits per heavy atom. The van der Waals surface area contributed by atoms with Gasteiger partial charge in [0.15, 0.2) is 16.6 Å². The van der Waals surface area contributed by atoms with Crippen LogP contribution in [0.2, 0.25) is 0 Å². The highest BCUT2D eigenvalue weighted by Crippen LogP contribution is 2.35. The molecule has 2 heterocycles. The lowest BCUT2D eigenvalue weighted by Gasteiger charge is -2.10. The van der Waals surface area contributed by atoms with Crippen LogP contribution in [0.25, 0.3) is 0 Å². The fourth-order valence-electron chi connectivity index (χ4n) is 1.91. The Bertz CT molecular complexity index is 350. The normalized spacial score (nSPS) is 19.5. The average molecular weight is 257 g/mol. The number of nitrogens with two attached hydrogens (primary N) is 1. The summed E-state index contributed by atoms with van der Waals surface area (Å²) in [5, 5.41) is 4.24. The van der Waals surface area contributed by atoms with E-state index in [0.717, 1.165) is 24.6 Å². The van der Waals surface area contributed by atoms with Gasteiger partial charge >= 0.3 is 0 Å². The molecule has 1 atom stereocenters. The number of aromatic nitrogens is 1. The quantitative estimate of drug-likeness (QED) is 0.816. The van der Waals surface area contributed by atoms with Crippen molar-refractivity contribution >= 4 is 22.4 Å². The molecule has 17 heavy (non-hydrogen) atoms. The Kier molecular flexibility index (Phi) is 4.44. The first-order valence-corrected chi connectivity index (χ1v) is 6.82. The van der Waals surface area contributed by atoms with Gasteiger partial charge < -0.3 is 20.5 Å². The molecule has 1 aliphatic heterocycles. The molecule has 0 amide bonds. The minimum Gasteiger partial charge on any atom is -0.487 e. The molecule has 96 valence electrons. The van der Waals surface area contributed by atoms with E-state index in [1.54, 1.807) is 0 Å². The highest BCUT2D eigenvalue weighted by Gasteiger charge is 2.16. The third-order valence-corrected chi connectivity index (χ3v) is 3.54. The first-order valence-electron chi connectivity index (χ1n) is 6.04. The molecular formula is C11H19N3O2S. The van der Waals surface area contributed by atoms with E-state index >= 15 is 0 Å². The molecule has 3 N–H and O–H groups in total. The molecule has 2 rings (SSSR count). The molecule has 6 heteroatoms. The number of nitrogens with zero attached hydrogens (tertiary/aromatic N) is 1. The van der Waals surface area contributed by atoms with Crippen molar-refractivity contribution in [3.05, 3.63) is 0 Å². The second-order valence-electron chi connectivity index (χ2n) is 4.01. The van der Waals surface area contributed by atoms with Crippen molar-refractivity contribution in [2.24, 2.45) is 0 Å². The van der Waals surface area contributed by atoms with Crippen LogP contribution in [-0.2, 0) is 4.74 Å². The van der Waals surface area contributed by atoms with Crippen molar-refractivity contribution in [3.8, 4) is 5.75 Å². The first-order chi connectivity index (χ1) is 8.31. The lowest BCUT2D eigenvalue weighted by Crippen LogP contribution is -2.12. The minimum atomic E-state index is 0.406. The van der Waals surface area contributed by atoms with E-state index in [9.17, 15) is 0 Å². The van der Waals surface area contributed by atoms with Crippen molar-refractivity contribution in [1.29, 1.82) is 0 Å². The average Bonchev–Trinajstić information content (AvgIpc) is 2.93. The summed E-state index contributed by atoms with van der Waals surface area (Å²) in [7, 11) is 0. The van der Waals surface area contributed by atoms with Gasteiger partial charge in [-0.15, -0.1) is 0 Å². The Labute approximate surface area is 105 Å². The van der Waals surface area contributed by atoms with E-state index in [1.165, 1.54) is 24.4 Å². The van der Waals surface area contributed by atoms with Gasteiger partial charge in [0.25, 0.3) is 0 Å². The molecule has 0 radical (unpaired) electrons. The fraction of sp³-hybridized carbons (Fsp3) is 0.727. The largest absolute Gasteiger partial charge is 0.487 e. The molecule has 1 aliphatic rings. The predicted octanol–water partition coefficient (Wildman–Crippen LogP) is 2.10. The lowest BCUT2D eigenvalue weighted by atomic mass is 10.2. The van der Waals surface area contributed by atoms with E-state index in [1.807, 2.05) is 6.92 Å². The monoisotopic (exact) mass is 257 g/mol. The molecular weight excluding hydrogens is 238 g/mol. The molecule has 0 aliphatic carbocycles. The third kappa shape index (κ3) is 3.23. The van der Waals surface area contributed by atoms with E-state index in [4.69, 9.17) is 15.2 Å². The zero-order valence-electron chi connectivity index (χ0n) is 10.1. The summed E-state index contributed by atoms with van der Waals surface area (Å²) in [6, 6.07) is 0. The van der Waals surface area contributed by atoms with Crippen LogP contribution >= 0.6 is 11.5 Å². The van der Waals surface area contributed by atoms with Gasteiger partial charge in [0.2, 0.25) is 0 Å². The third-order valence-electron chi connectivity index (χ3n) is 2.74. The van der Waals surface area contributed by atoms with Crippen LogP contribution in [0.15, 0.2) is 0 Å². The van der Waals surface area contributed by atoms with E-state index < -0.39 is 0 Å². The van der Waals surface area contributed by atoms with Gasteiger partial charge in [0.1, 0.15) is 0 Å². The Balaban J connectivity index is 1.81. The molecule has 1 saturated heterocycles. The molecule has 5 nitrogen and oxygen atoms in total. The van der Waals surface area contributed by atoms with Gasteiger partial charge in [-0.2, -0.15) is 4.37 Å². The van der Waals surface area contributed by atoms with Crippen molar-refractivity contribution in [2.45, 2.75) is 32.3 Å². The Morgan fingerprint density at radius 1 is 1.65 bits per heavy atom. The van der Waals surface area contributed by atoms with Crippen LogP contribution in [0.3, 0.4) is 0 Å². The summed E-state index contributed by atoms with van der Waals surface area (Å²) in [4.78, 5) is 0. The molecule has 0 spiro atoms. The first kappa shape index (κ1) is 12.4. The number of nitrogen functional groups attached to an aromatic ring is 1. The van der Waals surface area contributed by atoms with Gasteiger partial charge in [-0.1, -0.05) is 0 Å². The van der Waals surface area contributed by atoms with Gasteiger partial charge in [-0.05, 0) is 37.7 Å². The maximum atomic E-state index is 5.73. The van der Waals surface area contributed by atoms with Gasteiger partial charge in [0, 0.05) is 13.2 Å².